The highest BCUT2D eigenvalue weighted by atomic mass is 32.1. The number of aliphatic hydroxyl groups excluding tert-OH is 2. The molecule has 33 heteroatoms. The average Bonchev–Trinajstić information content (AvgIpc) is 1.60. The summed E-state index contributed by atoms with van der Waals surface area (Å²) in [5.74, 6) is -5.52. The Kier molecular flexibility index (Phi) is 20.7. The molecule has 13 rings (SSSR count). The number of aliphatic hydroxyl groups is 2. The summed E-state index contributed by atoms with van der Waals surface area (Å²) < 4.78 is 5.93. The fraction of sp³-hybridized carbons (Fsp3) is 0.358. The lowest BCUT2D eigenvalue weighted by molar-refractivity contribution is -0.143. The predicted octanol–water partition coefficient (Wildman–Crippen LogP) is 7.11. The van der Waals surface area contributed by atoms with E-state index in [1.807, 2.05) is 14.0 Å². The zero-order valence-corrected chi connectivity index (χ0v) is 58.8. The van der Waals surface area contributed by atoms with E-state index < -0.39 is 96.0 Å². The number of fused-ring (bicyclic) bond motifs is 16. The minimum Gasteiger partial charge on any atom is -0.484 e. The second-order valence-electron chi connectivity index (χ2n) is 24.9. The molecule has 100 heavy (non-hydrogen) atoms. The predicted molar refractivity (Wildman–Crippen MR) is 375 cm³/mol. The molecule has 3 aliphatic heterocycles. The van der Waals surface area contributed by atoms with Crippen LogP contribution in [0.4, 0.5) is 0 Å². The molecular formula is C67H67N15O12S6. The zero-order chi connectivity index (χ0) is 70.0. The number of pyridine rings is 1. The molecule has 2 saturated heterocycles. The maximum absolute atomic E-state index is 15.5. The number of hydrogen-bond acceptors (Lipinski definition) is 25. The van der Waals surface area contributed by atoms with Crippen molar-refractivity contribution in [2.24, 2.45) is 17.6 Å². The molecule has 0 spiro atoms. The summed E-state index contributed by atoms with van der Waals surface area (Å²) in [6, 6.07) is 14.1. The van der Waals surface area contributed by atoms with Crippen LogP contribution in [-0.4, -0.2) is 177 Å². The number of nitrogens with zero attached hydrogens (tertiary/aromatic N) is 10. The van der Waals surface area contributed by atoms with Crippen LogP contribution in [0.1, 0.15) is 136 Å². The molecule has 9 aromatic rings. The minimum absolute atomic E-state index is 0.0357. The lowest BCUT2D eigenvalue weighted by Gasteiger charge is -2.32. The van der Waals surface area contributed by atoms with Crippen molar-refractivity contribution in [2.45, 2.75) is 94.8 Å². The van der Waals surface area contributed by atoms with Gasteiger partial charge in [-0.25, -0.2) is 34.9 Å². The maximum atomic E-state index is 15.5. The molecule has 518 valence electrons. The number of hydrogen-bond donors (Lipinski definition) is 8. The number of benzene rings is 2. The molecule has 7 atom stereocenters. The SMILES string of the molecule is Cc1sc2nc1C(=O)N[C@@H]([C@H](O)c1ccccc1)c1nc(cs1)C(=O)N[C@@H](Cc1ccc(OCC(=O)N3CCN(C)CC3)cc1)C(=O)N1C[C@H](O)[C@H](C)[C@H]1c1nc(cs1)-c1nc(cs1)-c1nc(-c3nc(C(=O)N[C@H]4CC[C@H](C(=O)O)CC4)cs3)ccc1-c1nc(cs1)C(=O)N[C@H]2CC(N)=O. The van der Waals surface area contributed by atoms with Crippen LogP contribution in [0.5, 0.6) is 5.75 Å². The smallest absolute Gasteiger partial charge is 0.306 e. The second kappa shape index (κ2) is 29.9. The van der Waals surface area contributed by atoms with E-state index in [4.69, 9.17) is 35.4 Å². The zero-order valence-electron chi connectivity index (χ0n) is 53.9. The van der Waals surface area contributed by atoms with Gasteiger partial charge in [-0.1, -0.05) is 49.4 Å². The van der Waals surface area contributed by atoms with Crippen LogP contribution in [0.25, 0.3) is 43.4 Å². The first kappa shape index (κ1) is 69.3. The highest BCUT2D eigenvalue weighted by molar-refractivity contribution is 7.15. The number of thiazole rings is 6. The second-order valence-corrected chi connectivity index (χ2v) is 30.5. The van der Waals surface area contributed by atoms with E-state index in [0.717, 1.165) is 47.1 Å². The number of nitrogens with one attached hydrogen (secondary N) is 4. The number of aryl methyl sites for hydroxylation is 1. The molecule has 9 N–H and O–H groups in total. The first-order valence-electron chi connectivity index (χ1n) is 32.1. The number of aromatic nitrogens is 7. The van der Waals surface area contributed by atoms with Gasteiger partial charge in [0.15, 0.2) is 6.61 Å². The lowest BCUT2D eigenvalue weighted by atomic mass is 9.86. The summed E-state index contributed by atoms with van der Waals surface area (Å²) in [7, 11) is 2.00. The first-order chi connectivity index (χ1) is 48.2. The normalized spacial score (nSPS) is 21.9. The molecule has 27 nitrogen and oxygen atoms in total. The molecule has 1 saturated carbocycles. The van der Waals surface area contributed by atoms with E-state index in [9.17, 15) is 48.9 Å². The van der Waals surface area contributed by atoms with Crippen LogP contribution in [0, 0.1) is 18.8 Å². The summed E-state index contributed by atoms with van der Waals surface area (Å²) in [4.78, 5) is 150. The van der Waals surface area contributed by atoms with Crippen molar-refractivity contribution in [3.05, 3.63) is 147 Å². The number of rotatable bonds is 13. The topological polar surface area (TPSA) is 381 Å². The van der Waals surface area contributed by atoms with Crippen LogP contribution < -0.4 is 31.7 Å². The lowest BCUT2D eigenvalue weighted by Crippen LogP contribution is -2.50. The number of ether oxygens (including phenoxy) is 1. The van der Waals surface area contributed by atoms with Gasteiger partial charge >= 0.3 is 5.97 Å². The summed E-state index contributed by atoms with van der Waals surface area (Å²) in [6.07, 6.45) is -0.977. The highest BCUT2D eigenvalue weighted by Crippen LogP contribution is 2.43. The fourth-order valence-corrected chi connectivity index (χ4v) is 17.7. The molecular weight excluding hydrogens is 1400 g/mol. The van der Waals surface area contributed by atoms with E-state index >= 15 is 4.79 Å². The van der Waals surface area contributed by atoms with Crippen molar-refractivity contribution in [1.82, 2.24) is 70.9 Å². The summed E-state index contributed by atoms with van der Waals surface area (Å²) in [6.45, 7) is 5.86. The Bertz CT molecular complexity index is 4560. The Labute approximate surface area is 596 Å². The number of carbonyl (C=O) groups excluding carboxylic acids is 7. The quantitative estimate of drug-likeness (QED) is 0.0570. The molecule has 0 radical (unpaired) electrons. The third kappa shape index (κ3) is 15.3. The molecule has 3 fully saturated rings. The highest BCUT2D eigenvalue weighted by Gasteiger charge is 2.46. The third-order valence-corrected chi connectivity index (χ3v) is 23.6. The van der Waals surface area contributed by atoms with Crippen LogP contribution in [0.2, 0.25) is 0 Å². The molecule has 10 heterocycles. The molecule has 7 aromatic heterocycles. The monoisotopic (exact) mass is 1470 g/mol. The van der Waals surface area contributed by atoms with Crippen molar-refractivity contribution in [3.8, 4) is 49.1 Å². The van der Waals surface area contributed by atoms with Gasteiger partial charge in [-0.2, -0.15) is 0 Å². The van der Waals surface area contributed by atoms with Crippen LogP contribution in [-0.2, 0) is 25.6 Å². The Morgan fingerprint density at radius 3 is 2.07 bits per heavy atom. The number of carboxylic acid groups (broad SMARTS) is 1. The largest absolute Gasteiger partial charge is 0.484 e. The van der Waals surface area contributed by atoms with Gasteiger partial charge in [0.05, 0.1) is 36.2 Å². The van der Waals surface area contributed by atoms with E-state index in [1.54, 1.807) is 94.7 Å². The number of nitrogens with two attached hydrogens (primary N) is 1. The van der Waals surface area contributed by atoms with Gasteiger partial charge in [0.2, 0.25) is 11.8 Å². The van der Waals surface area contributed by atoms with Gasteiger partial charge in [0.1, 0.15) is 93.8 Å². The first-order valence-corrected chi connectivity index (χ1v) is 37.3. The number of amides is 7. The van der Waals surface area contributed by atoms with Crippen molar-refractivity contribution in [1.29, 1.82) is 0 Å². The van der Waals surface area contributed by atoms with E-state index in [-0.39, 0.29) is 64.3 Å². The van der Waals surface area contributed by atoms with Gasteiger partial charge in [-0.3, -0.25) is 38.4 Å². The van der Waals surface area contributed by atoms with Crippen LogP contribution in [0.15, 0.2) is 93.6 Å². The number of primary amides is 1. The van der Waals surface area contributed by atoms with Crippen molar-refractivity contribution in [2.75, 3.05) is 46.4 Å². The van der Waals surface area contributed by atoms with Crippen LogP contribution >= 0.6 is 68.0 Å². The fourth-order valence-electron chi connectivity index (χ4n) is 12.4. The van der Waals surface area contributed by atoms with Crippen LogP contribution in [0.3, 0.4) is 0 Å². The Morgan fingerprint density at radius 2 is 1.33 bits per heavy atom. The Morgan fingerprint density at radius 1 is 0.680 bits per heavy atom. The number of likely N-dealkylation sites (N-methyl/N-ethyl adjacent to an activating group) is 1. The summed E-state index contributed by atoms with van der Waals surface area (Å²) >= 11 is 6.89. The molecule has 7 amide bonds. The van der Waals surface area contributed by atoms with Gasteiger partial charge in [-0.05, 0) is 75.0 Å². The molecule has 1 aliphatic carbocycles. The number of aliphatic carboxylic acids is 1. The van der Waals surface area contributed by atoms with Gasteiger partial charge in [0, 0.05) is 88.4 Å². The Hall–Kier alpha value is -9.19. The van der Waals surface area contributed by atoms with E-state index in [0.29, 0.717) is 109 Å². The number of carbonyl (C=O) groups is 8. The number of carboxylic acids is 1. The van der Waals surface area contributed by atoms with Gasteiger partial charge in [-0.15, -0.1) is 68.0 Å². The molecule has 10 bridgehead atoms. The molecule has 2 aromatic carbocycles. The van der Waals surface area contributed by atoms with Crippen molar-refractivity contribution in [3.63, 3.8) is 0 Å². The van der Waals surface area contributed by atoms with E-state index in [2.05, 4.69) is 36.1 Å². The maximum Gasteiger partial charge on any atom is 0.306 e. The number of piperazine rings is 1. The standard InChI is InChI=1S/C67H67N15O12S6/c1-32-48(83)25-82-54(32)65-77-47(31-99-65)62-73-43(27-96-62)52-39(17-18-40(70-52)61-75-44(29-97-61)56(87)69-37-13-11-36(12-14-37)67(92)93)60-74-45(28-95-60)57(88)71-41(24-49(68)84)63-79-51(33(2)100-63)59(90)78-53(55(86)35-7-5-4-6-8-35)64-76-46(30-98-64)58(89)72-42(66(82)91)23-34-9-15-38(16-10-34)94-26-50(85)81-21-19-80(3)20-22-81/h4-10,15-18,27-32,36-37,41-42,48,53-55,83,86H,11-14,19-26H2,1-3H3,(H2,68,84)(H,69,87)(H,71,88)(H,72,89)(H,78,90)(H,92,93)/t32-,36-,37-,41-,42-,48-,53-,54-,55+/m0/s1. The summed E-state index contributed by atoms with van der Waals surface area (Å²) in [5, 5.41) is 55.2. The van der Waals surface area contributed by atoms with Gasteiger partial charge in [0.25, 0.3) is 29.5 Å². The van der Waals surface area contributed by atoms with Crippen molar-refractivity contribution < 1.29 is 58.4 Å². The van der Waals surface area contributed by atoms with Crippen molar-refractivity contribution >= 4 is 115 Å². The molecule has 4 aliphatic rings. The summed E-state index contributed by atoms with van der Waals surface area (Å²) in [5.41, 5.74) is 8.71. The average molecular weight is 1470 g/mol. The van der Waals surface area contributed by atoms with Gasteiger partial charge < -0.3 is 61.8 Å². The Balaban J connectivity index is 0.861. The minimum atomic E-state index is -1.43. The third-order valence-electron chi connectivity index (χ3n) is 18.1. The molecule has 0 unspecified atom stereocenters. The van der Waals surface area contributed by atoms with E-state index in [1.165, 1.54) is 49.7 Å².